The number of hydrogen-bond acceptors (Lipinski definition) is 5. The van der Waals surface area contributed by atoms with Crippen LogP contribution in [0.5, 0.6) is 0 Å². The Morgan fingerprint density at radius 1 is 1.24 bits per heavy atom. The number of rotatable bonds is 8. The molecule has 1 aliphatic heterocycles. The van der Waals surface area contributed by atoms with Gasteiger partial charge in [0.05, 0.1) is 17.1 Å². The first-order chi connectivity index (χ1) is 9.97. The third kappa shape index (κ3) is 5.86. The number of hydrogen-bond donors (Lipinski definition) is 2. The molecule has 1 rings (SSSR count). The standard InChI is InChI=1S/C14H28N4O2S/c1-11(13(15)21)17-6-8-18(9-7-17)12(2)14(19)16-5-4-10-20-3/h11-12H,4-10H2,1-3H3,(H2,15,21)(H,16,19). The number of carbonyl (C=O) groups is 1. The van der Waals surface area contributed by atoms with Crippen molar-refractivity contribution in [2.45, 2.75) is 32.4 Å². The second-order valence-electron chi connectivity index (χ2n) is 5.46. The lowest BCUT2D eigenvalue weighted by Crippen LogP contribution is -2.57. The zero-order valence-electron chi connectivity index (χ0n) is 13.3. The quantitative estimate of drug-likeness (QED) is 0.478. The van der Waals surface area contributed by atoms with Crippen LogP contribution in [-0.2, 0) is 9.53 Å². The number of ether oxygens (including phenoxy) is 1. The van der Waals surface area contributed by atoms with Gasteiger partial charge in [0.1, 0.15) is 0 Å². The lowest BCUT2D eigenvalue weighted by Gasteiger charge is -2.39. The highest BCUT2D eigenvalue weighted by molar-refractivity contribution is 7.80. The Kier molecular flexibility index (Phi) is 8.10. The van der Waals surface area contributed by atoms with Gasteiger partial charge in [0.25, 0.3) is 0 Å². The molecule has 122 valence electrons. The minimum atomic E-state index is -0.102. The second kappa shape index (κ2) is 9.30. The monoisotopic (exact) mass is 316 g/mol. The van der Waals surface area contributed by atoms with E-state index in [4.69, 9.17) is 22.7 Å². The molecular formula is C14H28N4O2S. The SMILES string of the molecule is COCCCNC(=O)C(C)N1CCN(C(C)C(N)=S)CC1. The minimum absolute atomic E-state index is 0.0851. The number of carbonyl (C=O) groups excluding carboxylic acids is 1. The summed E-state index contributed by atoms with van der Waals surface area (Å²) in [4.78, 5) is 17.1. The molecule has 1 amide bonds. The van der Waals surface area contributed by atoms with Crippen molar-refractivity contribution >= 4 is 23.1 Å². The fourth-order valence-electron chi connectivity index (χ4n) is 2.43. The van der Waals surface area contributed by atoms with Crippen LogP contribution in [0.2, 0.25) is 0 Å². The number of nitrogens with zero attached hydrogens (tertiary/aromatic N) is 2. The molecule has 0 saturated carbocycles. The summed E-state index contributed by atoms with van der Waals surface area (Å²) < 4.78 is 4.97. The molecule has 7 heteroatoms. The Labute approximate surface area is 133 Å². The zero-order chi connectivity index (χ0) is 15.8. The van der Waals surface area contributed by atoms with E-state index in [0.29, 0.717) is 18.1 Å². The average molecular weight is 316 g/mol. The Morgan fingerprint density at radius 3 is 2.24 bits per heavy atom. The Hall–Kier alpha value is -0.760. The van der Waals surface area contributed by atoms with E-state index in [1.807, 2.05) is 13.8 Å². The molecule has 0 aromatic heterocycles. The molecule has 0 aromatic carbocycles. The van der Waals surface area contributed by atoms with Crippen LogP contribution in [0.3, 0.4) is 0 Å². The molecule has 1 saturated heterocycles. The summed E-state index contributed by atoms with van der Waals surface area (Å²) in [5.41, 5.74) is 5.69. The summed E-state index contributed by atoms with van der Waals surface area (Å²) in [7, 11) is 1.66. The van der Waals surface area contributed by atoms with Crippen LogP contribution in [0.4, 0.5) is 0 Å². The van der Waals surface area contributed by atoms with Crippen LogP contribution in [-0.4, -0.2) is 79.2 Å². The van der Waals surface area contributed by atoms with Gasteiger partial charge in [-0.3, -0.25) is 14.6 Å². The third-order valence-electron chi connectivity index (χ3n) is 4.06. The number of piperazine rings is 1. The van der Waals surface area contributed by atoms with Crippen LogP contribution in [0, 0.1) is 0 Å². The van der Waals surface area contributed by atoms with Crippen molar-refractivity contribution in [3.05, 3.63) is 0 Å². The van der Waals surface area contributed by atoms with E-state index < -0.39 is 0 Å². The fourth-order valence-corrected chi connectivity index (χ4v) is 2.58. The topological polar surface area (TPSA) is 70.8 Å². The van der Waals surface area contributed by atoms with Crippen LogP contribution >= 0.6 is 12.2 Å². The smallest absolute Gasteiger partial charge is 0.237 e. The van der Waals surface area contributed by atoms with Gasteiger partial charge in [-0.25, -0.2) is 0 Å². The largest absolute Gasteiger partial charge is 0.392 e. The van der Waals surface area contributed by atoms with E-state index in [2.05, 4.69) is 15.1 Å². The highest BCUT2D eigenvalue weighted by atomic mass is 32.1. The molecule has 1 fully saturated rings. The molecule has 2 unspecified atom stereocenters. The average Bonchev–Trinajstić information content (AvgIpc) is 2.50. The summed E-state index contributed by atoms with van der Waals surface area (Å²) >= 11 is 5.04. The van der Waals surface area contributed by atoms with Crippen molar-refractivity contribution in [1.29, 1.82) is 0 Å². The van der Waals surface area contributed by atoms with Gasteiger partial charge >= 0.3 is 0 Å². The first-order valence-electron chi connectivity index (χ1n) is 7.51. The summed E-state index contributed by atoms with van der Waals surface area (Å²) in [5.74, 6) is 0.0851. The second-order valence-corrected chi connectivity index (χ2v) is 5.94. The lowest BCUT2D eigenvalue weighted by atomic mass is 10.2. The van der Waals surface area contributed by atoms with Crippen molar-refractivity contribution in [3.63, 3.8) is 0 Å². The van der Waals surface area contributed by atoms with Gasteiger partial charge in [0, 0.05) is 46.4 Å². The predicted octanol–water partition coefficient (Wildman–Crippen LogP) is -0.180. The van der Waals surface area contributed by atoms with Gasteiger partial charge < -0.3 is 15.8 Å². The van der Waals surface area contributed by atoms with Crippen LogP contribution < -0.4 is 11.1 Å². The van der Waals surface area contributed by atoms with Crippen LogP contribution in [0.15, 0.2) is 0 Å². The van der Waals surface area contributed by atoms with E-state index in [1.165, 1.54) is 0 Å². The summed E-state index contributed by atoms with van der Waals surface area (Å²) in [6.07, 6.45) is 0.841. The molecule has 2 atom stereocenters. The van der Waals surface area contributed by atoms with Gasteiger partial charge in [-0.15, -0.1) is 0 Å². The van der Waals surface area contributed by atoms with E-state index in [0.717, 1.165) is 32.6 Å². The maximum atomic E-state index is 12.1. The molecule has 0 bridgehead atoms. The normalized spacial score (nSPS) is 20.0. The van der Waals surface area contributed by atoms with Crippen molar-refractivity contribution in [2.75, 3.05) is 46.4 Å². The first-order valence-corrected chi connectivity index (χ1v) is 7.92. The molecule has 1 heterocycles. The molecule has 0 aliphatic carbocycles. The summed E-state index contributed by atoms with van der Waals surface area (Å²) in [5, 5.41) is 2.95. The Bertz CT molecular complexity index is 346. The minimum Gasteiger partial charge on any atom is -0.392 e. The highest BCUT2D eigenvalue weighted by Gasteiger charge is 2.27. The molecular weight excluding hydrogens is 288 g/mol. The molecule has 21 heavy (non-hydrogen) atoms. The molecule has 6 nitrogen and oxygen atoms in total. The summed E-state index contributed by atoms with van der Waals surface area (Å²) in [6, 6.07) is 0.0233. The maximum absolute atomic E-state index is 12.1. The Balaban J connectivity index is 2.32. The lowest BCUT2D eigenvalue weighted by molar-refractivity contribution is -0.126. The van der Waals surface area contributed by atoms with Crippen molar-refractivity contribution in [3.8, 4) is 0 Å². The molecule has 1 aliphatic rings. The third-order valence-corrected chi connectivity index (χ3v) is 4.40. The molecule has 3 N–H and O–H groups in total. The van der Waals surface area contributed by atoms with E-state index in [-0.39, 0.29) is 18.0 Å². The zero-order valence-corrected chi connectivity index (χ0v) is 14.1. The van der Waals surface area contributed by atoms with E-state index in [1.54, 1.807) is 7.11 Å². The van der Waals surface area contributed by atoms with Gasteiger partial charge in [-0.1, -0.05) is 12.2 Å². The predicted molar refractivity (Wildman–Crippen MR) is 88.4 cm³/mol. The number of nitrogens with one attached hydrogen (secondary N) is 1. The highest BCUT2D eigenvalue weighted by Crippen LogP contribution is 2.09. The van der Waals surface area contributed by atoms with Gasteiger partial charge in [-0.05, 0) is 20.3 Å². The summed E-state index contributed by atoms with van der Waals surface area (Å²) in [6.45, 7) is 8.82. The fraction of sp³-hybridized carbons (Fsp3) is 0.857. The van der Waals surface area contributed by atoms with Crippen molar-refractivity contribution in [1.82, 2.24) is 15.1 Å². The van der Waals surface area contributed by atoms with E-state index >= 15 is 0 Å². The van der Waals surface area contributed by atoms with Crippen LogP contribution in [0.25, 0.3) is 0 Å². The van der Waals surface area contributed by atoms with Crippen molar-refractivity contribution < 1.29 is 9.53 Å². The molecule has 0 spiro atoms. The first kappa shape index (κ1) is 18.3. The van der Waals surface area contributed by atoms with Gasteiger partial charge in [-0.2, -0.15) is 0 Å². The number of methoxy groups -OCH3 is 1. The molecule has 0 aromatic rings. The van der Waals surface area contributed by atoms with Crippen molar-refractivity contribution in [2.24, 2.45) is 5.73 Å². The Morgan fingerprint density at radius 2 is 1.76 bits per heavy atom. The maximum Gasteiger partial charge on any atom is 0.237 e. The van der Waals surface area contributed by atoms with E-state index in [9.17, 15) is 4.79 Å². The number of thiocarbonyl (C=S) groups is 1. The van der Waals surface area contributed by atoms with Crippen LogP contribution in [0.1, 0.15) is 20.3 Å². The number of nitrogens with two attached hydrogens (primary N) is 1. The van der Waals surface area contributed by atoms with Gasteiger partial charge in [0.2, 0.25) is 5.91 Å². The number of amides is 1. The van der Waals surface area contributed by atoms with Gasteiger partial charge in [0.15, 0.2) is 0 Å². The molecule has 0 radical (unpaired) electrons.